The van der Waals surface area contributed by atoms with E-state index >= 15 is 0 Å². The van der Waals surface area contributed by atoms with Crippen LogP contribution in [0.3, 0.4) is 0 Å². The highest BCUT2D eigenvalue weighted by Crippen LogP contribution is 2.35. The Morgan fingerprint density at radius 1 is 0.926 bits per heavy atom. The fourth-order valence-corrected chi connectivity index (χ4v) is 3.98. The maximum absolute atomic E-state index is 10.0. The summed E-state index contributed by atoms with van der Waals surface area (Å²) in [6.45, 7) is 11.1. The van der Waals surface area contributed by atoms with Gasteiger partial charge in [0.1, 0.15) is 24.8 Å². The lowest BCUT2D eigenvalue weighted by molar-refractivity contribution is -0.555. The molecule has 1 N–H and O–H groups in total. The van der Waals surface area contributed by atoms with Crippen LogP contribution in [-0.4, -0.2) is 41.8 Å². The summed E-state index contributed by atoms with van der Waals surface area (Å²) in [5.74, 6) is 0.971. The third kappa shape index (κ3) is 4.41. The minimum Gasteiger partial charge on any atom is -0.392 e. The molecular weight excluding hydrogens is 332 g/mol. The van der Waals surface area contributed by atoms with E-state index in [4.69, 9.17) is 0 Å². The molecule has 2 aromatic rings. The lowest BCUT2D eigenvalue weighted by Crippen LogP contribution is -2.31. The second-order valence-electron chi connectivity index (χ2n) is 8.17. The van der Waals surface area contributed by atoms with Crippen molar-refractivity contribution in [3.8, 4) is 0 Å². The van der Waals surface area contributed by atoms with E-state index in [0.717, 1.165) is 19.5 Å². The minimum atomic E-state index is 0.117. The van der Waals surface area contributed by atoms with Crippen LogP contribution in [0.2, 0.25) is 0 Å². The van der Waals surface area contributed by atoms with Crippen LogP contribution >= 0.6 is 0 Å². The van der Waals surface area contributed by atoms with Gasteiger partial charge in [-0.15, -0.1) is 0 Å². The van der Waals surface area contributed by atoms with Gasteiger partial charge in [0, 0.05) is 17.5 Å². The molecule has 0 amide bonds. The van der Waals surface area contributed by atoms with Crippen LogP contribution in [0.25, 0.3) is 0 Å². The molecular formula is C24H33N2O+. The van der Waals surface area contributed by atoms with E-state index in [1.807, 2.05) is 6.07 Å². The maximum atomic E-state index is 10.0. The van der Waals surface area contributed by atoms with Gasteiger partial charge in [-0.25, -0.2) is 4.90 Å². The Balaban J connectivity index is 1.90. The Morgan fingerprint density at radius 3 is 2.11 bits per heavy atom. The minimum absolute atomic E-state index is 0.117. The molecule has 1 unspecified atom stereocenters. The number of hydrogen-bond acceptors (Lipinski definition) is 2. The smallest absolute Gasteiger partial charge is 0.239 e. The largest absolute Gasteiger partial charge is 0.392 e. The van der Waals surface area contributed by atoms with E-state index in [0.29, 0.717) is 11.8 Å². The topological polar surface area (TPSA) is 26.5 Å². The van der Waals surface area contributed by atoms with E-state index < -0.39 is 0 Å². The van der Waals surface area contributed by atoms with Crippen molar-refractivity contribution in [3.63, 3.8) is 0 Å². The molecule has 1 atom stereocenters. The summed E-state index contributed by atoms with van der Waals surface area (Å²) in [7, 11) is 0. The van der Waals surface area contributed by atoms with Gasteiger partial charge in [0.15, 0.2) is 0 Å². The quantitative estimate of drug-likeness (QED) is 0.736. The Bertz CT molecular complexity index is 754. The number of aliphatic hydroxyl groups is 1. The molecule has 3 rings (SSSR count). The normalized spacial score (nSPS) is 15.5. The van der Waals surface area contributed by atoms with Crippen molar-refractivity contribution in [1.29, 1.82) is 0 Å². The Morgan fingerprint density at radius 2 is 1.56 bits per heavy atom. The number of benzene rings is 2. The summed E-state index contributed by atoms with van der Waals surface area (Å²) in [5.41, 5.74) is 5.45. The zero-order valence-corrected chi connectivity index (χ0v) is 17.1. The summed E-state index contributed by atoms with van der Waals surface area (Å²) in [4.78, 5) is 2.40. The lowest BCUT2D eigenvalue weighted by Gasteiger charge is -2.20. The summed E-state index contributed by atoms with van der Waals surface area (Å²) in [5, 5.41) is 10.0. The molecule has 3 nitrogen and oxygen atoms in total. The highest BCUT2D eigenvalue weighted by molar-refractivity contribution is 5.81. The van der Waals surface area contributed by atoms with Crippen LogP contribution in [-0.2, 0) is 6.42 Å². The van der Waals surface area contributed by atoms with Crippen molar-refractivity contribution in [1.82, 2.24) is 0 Å². The molecule has 27 heavy (non-hydrogen) atoms. The number of nitrogens with zero attached hydrogens (tertiary/aromatic N) is 2. The van der Waals surface area contributed by atoms with Crippen LogP contribution in [0.1, 0.15) is 56.2 Å². The predicted molar refractivity (Wildman–Crippen MR) is 114 cm³/mol. The highest BCUT2D eigenvalue weighted by Gasteiger charge is 2.31. The molecule has 2 aromatic carbocycles. The Hall–Kier alpha value is -2.13. The van der Waals surface area contributed by atoms with E-state index in [9.17, 15) is 5.11 Å². The monoisotopic (exact) mass is 365 g/mol. The predicted octanol–water partition coefficient (Wildman–Crippen LogP) is 4.40. The average Bonchev–Trinajstić information content (AvgIpc) is 3.15. The van der Waals surface area contributed by atoms with Gasteiger partial charge in [-0.05, 0) is 17.4 Å². The first-order valence-electron chi connectivity index (χ1n) is 10.2. The fraction of sp³-hybridized carbons (Fsp3) is 0.458. The first kappa shape index (κ1) is 19.6. The van der Waals surface area contributed by atoms with Crippen molar-refractivity contribution in [2.75, 3.05) is 24.6 Å². The van der Waals surface area contributed by atoms with Gasteiger partial charge < -0.3 is 5.11 Å². The van der Waals surface area contributed by atoms with Crippen molar-refractivity contribution in [2.45, 2.75) is 52.0 Å². The molecule has 0 spiro atoms. The van der Waals surface area contributed by atoms with E-state index in [1.165, 1.54) is 22.4 Å². The SMILES string of the molecule is CC(C)c1cccc(C(C)C)c1N1C=[N+](C(CO)Cc2ccccc2)CC1. The highest BCUT2D eigenvalue weighted by atomic mass is 16.3. The molecule has 3 heteroatoms. The number of rotatable bonds is 7. The first-order valence-corrected chi connectivity index (χ1v) is 10.2. The maximum Gasteiger partial charge on any atom is 0.239 e. The second kappa shape index (κ2) is 8.71. The molecule has 0 fully saturated rings. The Kier molecular flexibility index (Phi) is 6.33. The van der Waals surface area contributed by atoms with Gasteiger partial charge in [-0.1, -0.05) is 76.2 Å². The molecule has 1 heterocycles. The number of hydrogen-bond donors (Lipinski definition) is 1. The van der Waals surface area contributed by atoms with Gasteiger partial charge in [-0.3, -0.25) is 4.58 Å². The van der Waals surface area contributed by atoms with Crippen molar-refractivity contribution in [3.05, 3.63) is 65.2 Å². The van der Waals surface area contributed by atoms with Crippen LogP contribution in [0, 0.1) is 0 Å². The number of para-hydroxylation sites is 1. The van der Waals surface area contributed by atoms with Crippen LogP contribution in [0.15, 0.2) is 48.5 Å². The number of aliphatic hydroxyl groups excluding tert-OH is 1. The number of anilines is 1. The van der Waals surface area contributed by atoms with Crippen molar-refractivity contribution < 1.29 is 9.68 Å². The summed E-state index contributed by atoms with van der Waals surface area (Å²) >= 11 is 0. The second-order valence-corrected chi connectivity index (χ2v) is 8.17. The summed E-state index contributed by atoms with van der Waals surface area (Å²) in [6, 6.07) is 17.3. The van der Waals surface area contributed by atoms with Gasteiger partial charge in [0.25, 0.3) is 0 Å². The van der Waals surface area contributed by atoms with Gasteiger partial charge in [0.05, 0.1) is 6.61 Å². The fourth-order valence-electron chi connectivity index (χ4n) is 3.98. The summed E-state index contributed by atoms with van der Waals surface area (Å²) < 4.78 is 2.31. The van der Waals surface area contributed by atoms with E-state index in [1.54, 1.807) is 0 Å². The van der Waals surface area contributed by atoms with Crippen molar-refractivity contribution in [2.24, 2.45) is 0 Å². The third-order valence-corrected chi connectivity index (χ3v) is 5.51. The van der Waals surface area contributed by atoms with Gasteiger partial charge in [0.2, 0.25) is 6.34 Å². The van der Waals surface area contributed by atoms with Crippen LogP contribution in [0.5, 0.6) is 0 Å². The van der Waals surface area contributed by atoms with Crippen LogP contribution < -0.4 is 4.90 Å². The lowest BCUT2D eigenvalue weighted by atomic mass is 9.92. The van der Waals surface area contributed by atoms with E-state index in [2.05, 4.69) is 86.0 Å². The summed E-state index contributed by atoms with van der Waals surface area (Å²) in [6.07, 6.45) is 3.10. The standard InChI is InChI=1S/C24H33N2O/c1-18(2)22-11-8-12-23(19(3)4)24(22)26-14-13-25(17-26)21(16-27)15-20-9-6-5-7-10-20/h5-12,17-19,21,27H,13-16H2,1-4H3/q+1. The molecule has 144 valence electrons. The average molecular weight is 366 g/mol. The molecule has 0 bridgehead atoms. The Labute approximate surface area is 164 Å². The zero-order chi connectivity index (χ0) is 19.4. The molecule has 0 aliphatic carbocycles. The molecule has 0 saturated heterocycles. The third-order valence-electron chi connectivity index (χ3n) is 5.51. The van der Waals surface area contributed by atoms with Crippen molar-refractivity contribution >= 4 is 12.0 Å². The van der Waals surface area contributed by atoms with Gasteiger partial charge in [-0.2, -0.15) is 0 Å². The molecule has 0 aromatic heterocycles. The first-order chi connectivity index (χ1) is 13.0. The van der Waals surface area contributed by atoms with Gasteiger partial charge >= 0.3 is 0 Å². The van der Waals surface area contributed by atoms with E-state index in [-0.39, 0.29) is 12.6 Å². The molecule has 0 saturated carbocycles. The van der Waals surface area contributed by atoms with Crippen LogP contribution in [0.4, 0.5) is 5.69 Å². The molecule has 1 aliphatic rings. The molecule has 1 aliphatic heterocycles. The zero-order valence-electron chi connectivity index (χ0n) is 17.1. The molecule has 0 radical (unpaired) electrons.